The van der Waals surface area contributed by atoms with Crippen LogP contribution in [-0.2, 0) is 23.2 Å². The molecule has 2 fully saturated rings. The minimum Gasteiger partial charge on any atom is -0.497 e. The molecule has 0 amide bonds. The first kappa shape index (κ1) is 26.1. The normalized spacial score (nSPS) is 20.3. The number of likely N-dealkylation sites (tertiary alicyclic amines) is 1. The van der Waals surface area contributed by atoms with Crippen molar-refractivity contribution in [2.45, 2.75) is 31.2 Å². The summed E-state index contributed by atoms with van der Waals surface area (Å²) in [5.74, 6) is 2.46. The third-order valence-electron chi connectivity index (χ3n) is 8.88. The van der Waals surface area contributed by atoms with Gasteiger partial charge < -0.3 is 9.64 Å². The molecule has 202 valence electrons. The number of aliphatic imine (C=N–C) groups is 1. The smallest absolute Gasteiger partial charge is 0.138 e. The van der Waals surface area contributed by atoms with E-state index in [1.165, 1.54) is 16.7 Å². The van der Waals surface area contributed by atoms with Crippen molar-refractivity contribution in [3.63, 3.8) is 0 Å². The molecule has 40 heavy (non-hydrogen) atoms. The van der Waals surface area contributed by atoms with E-state index >= 15 is 0 Å². The van der Waals surface area contributed by atoms with E-state index in [9.17, 15) is 4.79 Å². The summed E-state index contributed by atoms with van der Waals surface area (Å²) in [6.45, 7) is 2.13. The number of rotatable bonds is 7. The number of hydrogen-bond acceptors (Lipinski definition) is 3. The molecule has 1 heterocycles. The predicted octanol–water partition coefficient (Wildman–Crippen LogP) is 6.73. The molecule has 0 aromatic heterocycles. The maximum Gasteiger partial charge on any atom is 0.138 e. The molecule has 1 aliphatic heterocycles. The molecule has 0 radical (unpaired) electrons. The van der Waals surface area contributed by atoms with Gasteiger partial charge in [0.1, 0.15) is 17.4 Å². The van der Waals surface area contributed by atoms with Crippen LogP contribution in [0.2, 0.25) is 0 Å². The van der Waals surface area contributed by atoms with E-state index in [2.05, 4.69) is 108 Å². The lowest BCUT2D eigenvalue weighted by Crippen LogP contribution is -2.47. The number of benzene rings is 4. The standard InChI is InChI=1S/C36H36N2O2/c1-40-31-19-17-28(18-20-31)24-37-35(23-27-11-5-2-6-12-27)38-25-32-33(26-38)36(22-21-34(32)39,29-13-7-3-8-14-29)30-15-9-4-10-16-30/h2-20,32-33H,21-26H2,1H3. The summed E-state index contributed by atoms with van der Waals surface area (Å²) in [5.41, 5.74) is 4.79. The van der Waals surface area contributed by atoms with Gasteiger partial charge in [0.05, 0.1) is 13.7 Å². The Hall–Kier alpha value is -4.18. The summed E-state index contributed by atoms with van der Waals surface area (Å²) < 4.78 is 5.34. The monoisotopic (exact) mass is 528 g/mol. The number of methoxy groups -OCH3 is 1. The largest absolute Gasteiger partial charge is 0.497 e. The van der Waals surface area contributed by atoms with Crippen LogP contribution in [0.15, 0.2) is 120 Å². The van der Waals surface area contributed by atoms with Crippen molar-refractivity contribution >= 4 is 11.6 Å². The van der Waals surface area contributed by atoms with E-state index in [0.717, 1.165) is 43.1 Å². The fraction of sp³-hybridized carbons (Fsp3) is 0.278. The Morgan fingerprint density at radius 1 is 0.800 bits per heavy atom. The first-order chi connectivity index (χ1) is 19.7. The van der Waals surface area contributed by atoms with Crippen LogP contribution in [0.3, 0.4) is 0 Å². The van der Waals surface area contributed by atoms with Crippen LogP contribution in [-0.4, -0.2) is 36.7 Å². The summed E-state index contributed by atoms with van der Waals surface area (Å²) in [5, 5.41) is 0. The van der Waals surface area contributed by atoms with Crippen molar-refractivity contribution in [3.05, 3.63) is 138 Å². The number of fused-ring (bicyclic) bond motifs is 1. The van der Waals surface area contributed by atoms with Gasteiger partial charge in [0.25, 0.3) is 0 Å². The average molecular weight is 529 g/mol. The summed E-state index contributed by atoms with van der Waals surface area (Å²) in [6.07, 6.45) is 2.19. The highest BCUT2D eigenvalue weighted by molar-refractivity contribution is 5.88. The SMILES string of the molecule is COc1ccc(CN=C(Cc2ccccc2)N2CC3C(=O)CCC(c4ccccc4)(c4ccccc4)C3C2)cc1. The van der Waals surface area contributed by atoms with E-state index in [1.807, 2.05) is 12.1 Å². The van der Waals surface area contributed by atoms with Gasteiger partial charge in [-0.05, 0) is 40.8 Å². The molecule has 1 saturated carbocycles. The minimum absolute atomic E-state index is 0.0175. The van der Waals surface area contributed by atoms with Gasteiger partial charge in [-0.15, -0.1) is 0 Å². The van der Waals surface area contributed by atoms with Gasteiger partial charge in [-0.3, -0.25) is 9.79 Å². The lowest BCUT2D eigenvalue weighted by Gasteiger charge is -2.45. The Morgan fingerprint density at radius 3 is 2.00 bits per heavy atom. The number of ketones is 1. The fourth-order valence-electron chi connectivity index (χ4n) is 6.85. The number of ether oxygens (including phenoxy) is 1. The van der Waals surface area contributed by atoms with Crippen LogP contribution < -0.4 is 4.74 Å². The molecule has 6 rings (SSSR count). The lowest BCUT2D eigenvalue weighted by atomic mass is 9.56. The van der Waals surface area contributed by atoms with Crippen molar-refractivity contribution in [1.82, 2.24) is 4.90 Å². The van der Waals surface area contributed by atoms with E-state index in [-0.39, 0.29) is 17.3 Å². The Morgan fingerprint density at radius 2 is 1.40 bits per heavy atom. The van der Waals surface area contributed by atoms with E-state index in [4.69, 9.17) is 9.73 Å². The summed E-state index contributed by atoms with van der Waals surface area (Å²) in [6, 6.07) is 40.4. The molecule has 4 aromatic rings. The molecule has 4 aromatic carbocycles. The minimum atomic E-state index is -0.205. The molecule has 2 unspecified atom stereocenters. The quantitative estimate of drug-likeness (QED) is 0.197. The van der Waals surface area contributed by atoms with Gasteiger partial charge in [0.2, 0.25) is 0 Å². The Bertz CT molecular complexity index is 1410. The molecule has 1 aliphatic carbocycles. The molecule has 1 saturated heterocycles. The van der Waals surface area contributed by atoms with E-state index in [1.54, 1.807) is 7.11 Å². The number of carbonyl (C=O) groups excluding carboxylic acids is 1. The summed E-state index contributed by atoms with van der Waals surface area (Å²) >= 11 is 0. The van der Waals surface area contributed by atoms with Gasteiger partial charge in [-0.1, -0.05) is 103 Å². The molecule has 2 atom stereocenters. The number of nitrogens with zero attached hydrogens (tertiary/aromatic N) is 2. The van der Waals surface area contributed by atoms with Crippen molar-refractivity contribution < 1.29 is 9.53 Å². The highest BCUT2D eigenvalue weighted by Gasteiger charge is 2.54. The highest BCUT2D eigenvalue weighted by atomic mass is 16.5. The average Bonchev–Trinajstić information content (AvgIpc) is 3.48. The second-order valence-electron chi connectivity index (χ2n) is 11.0. The second-order valence-corrected chi connectivity index (χ2v) is 11.0. The second kappa shape index (κ2) is 11.5. The van der Waals surface area contributed by atoms with E-state index < -0.39 is 0 Å². The Balaban J connectivity index is 1.37. The third-order valence-corrected chi connectivity index (χ3v) is 8.88. The molecule has 0 spiro atoms. The zero-order valence-electron chi connectivity index (χ0n) is 23.1. The molecule has 4 nitrogen and oxygen atoms in total. The zero-order chi connectivity index (χ0) is 27.4. The van der Waals surface area contributed by atoms with Crippen LogP contribution in [0.4, 0.5) is 0 Å². The maximum absolute atomic E-state index is 13.5. The Labute approximate surface area is 237 Å². The molecule has 4 heteroatoms. The van der Waals surface area contributed by atoms with Crippen molar-refractivity contribution in [3.8, 4) is 5.75 Å². The van der Waals surface area contributed by atoms with Crippen LogP contribution in [0, 0.1) is 11.8 Å². The van der Waals surface area contributed by atoms with Gasteiger partial charge in [-0.25, -0.2) is 0 Å². The first-order valence-electron chi connectivity index (χ1n) is 14.3. The highest BCUT2D eigenvalue weighted by Crippen LogP contribution is 2.52. The first-order valence-corrected chi connectivity index (χ1v) is 14.3. The summed E-state index contributed by atoms with van der Waals surface area (Å²) in [7, 11) is 1.68. The number of Topliss-reactive ketones (excluding diaryl/α,β-unsaturated/α-hetero) is 1. The van der Waals surface area contributed by atoms with Crippen molar-refractivity contribution in [1.29, 1.82) is 0 Å². The van der Waals surface area contributed by atoms with Crippen LogP contribution >= 0.6 is 0 Å². The van der Waals surface area contributed by atoms with Gasteiger partial charge >= 0.3 is 0 Å². The molecular weight excluding hydrogens is 492 g/mol. The van der Waals surface area contributed by atoms with Crippen LogP contribution in [0.25, 0.3) is 0 Å². The molecule has 0 bridgehead atoms. The fourth-order valence-corrected chi connectivity index (χ4v) is 6.85. The molecule has 2 aliphatic rings. The lowest BCUT2D eigenvalue weighted by molar-refractivity contribution is -0.126. The van der Waals surface area contributed by atoms with Crippen LogP contribution in [0.5, 0.6) is 5.75 Å². The predicted molar refractivity (Wildman–Crippen MR) is 161 cm³/mol. The van der Waals surface area contributed by atoms with Gasteiger partial charge in [0.15, 0.2) is 0 Å². The number of amidine groups is 1. The Kier molecular flexibility index (Phi) is 7.50. The van der Waals surface area contributed by atoms with Gasteiger partial charge in [-0.2, -0.15) is 0 Å². The maximum atomic E-state index is 13.5. The van der Waals surface area contributed by atoms with Crippen LogP contribution in [0.1, 0.15) is 35.1 Å². The topological polar surface area (TPSA) is 41.9 Å². The van der Waals surface area contributed by atoms with Crippen molar-refractivity contribution in [2.75, 3.05) is 20.2 Å². The number of hydrogen-bond donors (Lipinski definition) is 0. The van der Waals surface area contributed by atoms with E-state index in [0.29, 0.717) is 18.7 Å². The molecular formula is C36H36N2O2. The summed E-state index contributed by atoms with van der Waals surface area (Å²) in [4.78, 5) is 21.1. The zero-order valence-corrected chi connectivity index (χ0v) is 23.1. The third kappa shape index (κ3) is 5.06. The molecule has 0 N–H and O–H groups in total. The number of carbonyl (C=O) groups is 1. The van der Waals surface area contributed by atoms with Crippen molar-refractivity contribution in [2.24, 2.45) is 16.8 Å². The van der Waals surface area contributed by atoms with Gasteiger partial charge in [0, 0.05) is 43.2 Å².